The van der Waals surface area contributed by atoms with E-state index in [1.807, 2.05) is 0 Å². The molecular formula is C20H26F3N5. The summed E-state index contributed by atoms with van der Waals surface area (Å²) in [6.07, 6.45) is 0. The minimum Gasteiger partial charge on any atom is -0.349 e. The first-order valence-corrected chi connectivity index (χ1v) is 9.35. The maximum atomic E-state index is 14.4. The molecule has 1 saturated heterocycles. The van der Waals surface area contributed by atoms with Gasteiger partial charge in [0.1, 0.15) is 11.5 Å². The van der Waals surface area contributed by atoms with Crippen LogP contribution >= 0.6 is 0 Å². The van der Waals surface area contributed by atoms with Gasteiger partial charge < -0.3 is 15.6 Å². The summed E-state index contributed by atoms with van der Waals surface area (Å²) in [4.78, 5) is 4.62. The van der Waals surface area contributed by atoms with Crippen LogP contribution in [0, 0.1) is 24.4 Å². The van der Waals surface area contributed by atoms with Crippen molar-refractivity contribution in [2.45, 2.75) is 6.92 Å². The van der Waals surface area contributed by atoms with Crippen LogP contribution in [0.25, 0.3) is 0 Å². The van der Waals surface area contributed by atoms with Crippen molar-refractivity contribution in [3.8, 4) is 0 Å². The van der Waals surface area contributed by atoms with Gasteiger partial charge in [-0.25, -0.2) is 18.6 Å². The number of hydrogen-bond donors (Lipinski definition) is 3. The number of benzene rings is 2. The molecule has 8 heteroatoms. The molecule has 2 aromatic rings. The number of aryl methyl sites for hydroxylation is 1. The van der Waals surface area contributed by atoms with E-state index < -0.39 is 17.5 Å². The Balaban J connectivity index is 1.63. The highest BCUT2D eigenvalue weighted by molar-refractivity contribution is 5.75. The van der Waals surface area contributed by atoms with Crippen LogP contribution in [0.5, 0.6) is 0 Å². The minimum atomic E-state index is -1.06. The van der Waals surface area contributed by atoms with Gasteiger partial charge in [-0.05, 0) is 43.8 Å². The van der Waals surface area contributed by atoms with Crippen molar-refractivity contribution in [3.63, 3.8) is 0 Å². The maximum absolute atomic E-state index is 14.4. The van der Waals surface area contributed by atoms with E-state index in [0.29, 0.717) is 12.2 Å². The Morgan fingerprint density at radius 3 is 2.36 bits per heavy atom. The van der Waals surface area contributed by atoms with Crippen LogP contribution in [0.15, 0.2) is 30.3 Å². The van der Waals surface area contributed by atoms with E-state index in [1.54, 1.807) is 13.0 Å². The van der Waals surface area contributed by atoms with Gasteiger partial charge in [0.15, 0.2) is 11.6 Å². The zero-order valence-electron chi connectivity index (χ0n) is 16.2. The van der Waals surface area contributed by atoms with Gasteiger partial charge in [0, 0.05) is 39.3 Å². The lowest BCUT2D eigenvalue weighted by Gasteiger charge is -2.32. The molecule has 0 aliphatic carbocycles. The quantitative estimate of drug-likeness (QED) is 0.498. The summed E-state index contributed by atoms with van der Waals surface area (Å²) in [6.45, 7) is 7.29. The molecule has 1 heterocycles. The number of anilines is 3. The fourth-order valence-corrected chi connectivity index (χ4v) is 3.08. The zero-order valence-corrected chi connectivity index (χ0v) is 16.2. The van der Waals surface area contributed by atoms with Crippen molar-refractivity contribution >= 4 is 17.1 Å². The molecule has 0 aromatic heterocycles. The predicted molar refractivity (Wildman–Crippen MR) is 106 cm³/mol. The van der Waals surface area contributed by atoms with E-state index in [1.165, 1.54) is 18.2 Å². The largest absolute Gasteiger partial charge is 0.349 e. The van der Waals surface area contributed by atoms with E-state index in [9.17, 15) is 13.2 Å². The minimum absolute atomic E-state index is 0.0792. The average Bonchev–Trinajstić information content (AvgIpc) is 2.67. The maximum Gasteiger partial charge on any atom is 0.184 e. The second-order valence-electron chi connectivity index (χ2n) is 7.09. The number of likely N-dealkylation sites (N-methyl/N-ethyl adjacent to an activating group) is 1. The van der Waals surface area contributed by atoms with Crippen LogP contribution < -0.4 is 16.2 Å². The summed E-state index contributed by atoms with van der Waals surface area (Å²) < 4.78 is 42.2. The number of nitrogens with one attached hydrogen (secondary N) is 3. The smallest absolute Gasteiger partial charge is 0.184 e. The third-order valence-corrected chi connectivity index (χ3v) is 4.85. The zero-order chi connectivity index (χ0) is 20.1. The standard InChI is InChI=1S/C20H26F3N5/c1-14-3-5-17(16(22)13-14)25-20-18(6-4-15(21)19(20)23)26-24-7-8-28-11-9-27(2)10-12-28/h3-6,13,24-26H,7-12H2,1-2H3. The van der Waals surface area contributed by atoms with Crippen LogP contribution in [0.3, 0.4) is 0 Å². The summed E-state index contributed by atoms with van der Waals surface area (Å²) in [5.74, 6) is -2.60. The molecule has 0 bridgehead atoms. The van der Waals surface area contributed by atoms with Gasteiger partial charge in [-0.3, -0.25) is 4.90 Å². The molecule has 1 fully saturated rings. The molecule has 1 aliphatic rings. The number of halogens is 3. The van der Waals surface area contributed by atoms with E-state index >= 15 is 0 Å². The fourth-order valence-electron chi connectivity index (χ4n) is 3.08. The van der Waals surface area contributed by atoms with Crippen molar-refractivity contribution in [2.75, 3.05) is 57.1 Å². The van der Waals surface area contributed by atoms with Gasteiger partial charge in [-0.15, -0.1) is 0 Å². The van der Waals surface area contributed by atoms with Gasteiger partial charge in [0.25, 0.3) is 0 Å². The highest BCUT2D eigenvalue weighted by atomic mass is 19.2. The Hall–Kier alpha value is -2.29. The SMILES string of the molecule is Cc1ccc(Nc2c(NNCCN3CCN(C)CC3)ccc(F)c2F)c(F)c1. The molecule has 1 aliphatic heterocycles. The Labute approximate surface area is 163 Å². The van der Waals surface area contributed by atoms with Gasteiger partial charge in [0.2, 0.25) is 0 Å². The van der Waals surface area contributed by atoms with Crippen LogP contribution in [-0.4, -0.2) is 56.1 Å². The molecule has 2 aromatic carbocycles. The van der Waals surface area contributed by atoms with Crippen LogP contribution in [0.4, 0.5) is 30.2 Å². The molecular weight excluding hydrogens is 367 g/mol. The lowest BCUT2D eigenvalue weighted by Crippen LogP contribution is -2.46. The Kier molecular flexibility index (Phi) is 6.77. The average molecular weight is 393 g/mol. The van der Waals surface area contributed by atoms with Crippen LogP contribution in [0.2, 0.25) is 0 Å². The molecule has 5 nitrogen and oxygen atoms in total. The van der Waals surface area contributed by atoms with Crippen molar-refractivity contribution in [2.24, 2.45) is 0 Å². The summed E-state index contributed by atoms with van der Waals surface area (Å²) >= 11 is 0. The van der Waals surface area contributed by atoms with E-state index in [0.717, 1.165) is 44.4 Å². The number of hydrogen-bond acceptors (Lipinski definition) is 5. The molecule has 0 radical (unpaired) electrons. The highest BCUT2D eigenvalue weighted by Crippen LogP contribution is 2.31. The fraction of sp³-hybridized carbons (Fsp3) is 0.400. The second-order valence-corrected chi connectivity index (χ2v) is 7.09. The van der Waals surface area contributed by atoms with Gasteiger partial charge in [-0.2, -0.15) is 0 Å². The summed E-state index contributed by atoms with van der Waals surface area (Å²) in [5, 5.41) is 2.66. The predicted octanol–water partition coefficient (Wildman–Crippen LogP) is 3.32. The first-order valence-electron chi connectivity index (χ1n) is 9.35. The van der Waals surface area contributed by atoms with Gasteiger partial charge in [0.05, 0.1) is 11.4 Å². The molecule has 152 valence electrons. The van der Waals surface area contributed by atoms with E-state index in [-0.39, 0.29) is 11.4 Å². The molecule has 0 atom stereocenters. The normalized spacial score (nSPS) is 15.6. The van der Waals surface area contributed by atoms with Crippen molar-refractivity contribution in [1.82, 2.24) is 15.2 Å². The topological polar surface area (TPSA) is 42.6 Å². The summed E-state index contributed by atoms with van der Waals surface area (Å²) in [7, 11) is 2.10. The van der Waals surface area contributed by atoms with Gasteiger partial charge in [-0.1, -0.05) is 6.07 Å². The van der Waals surface area contributed by atoms with Crippen molar-refractivity contribution in [1.29, 1.82) is 0 Å². The second kappa shape index (κ2) is 9.27. The molecule has 0 amide bonds. The number of hydrazine groups is 1. The number of nitrogens with zero attached hydrogens (tertiary/aromatic N) is 2. The molecule has 28 heavy (non-hydrogen) atoms. The first kappa shape index (κ1) is 20.4. The summed E-state index contributed by atoms with van der Waals surface area (Å²) in [6, 6.07) is 6.98. The molecule has 0 saturated carbocycles. The molecule has 0 spiro atoms. The Morgan fingerprint density at radius 2 is 1.64 bits per heavy atom. The third-order valence-electron chi connectivity index (χ3n) is 4.85. The molecule has 3 N–H and O–H groups in total. The van der Waals surface area contributed by atoms with Crippen LogP contribution in [0.1, 0.15) is 5.56 Å². The van der Waals surface area contributed by atoms with E-state index in [4.69, 9.17) is 0 Å². The first-order chi connectivity index (χ1) is 13.4. The lowest BCUT2D eigenvalue weighted by molar-refractivity contribution is 0.155. The van der Waals surface area contributed by atoms with E-state index in [2.05, 4.69) is 33.0 Å². The third kappa shape index (κ3) is 5.15. The number of piperazine rings is 1. The van der Waals surface area contributed by atoms with Gasteiger partial charge >= 0.3 is 0 Å². The lowest BCUT2D eigenvalue weighted by atomic mass is 10.2. The van der Waals surface area contributed by atoms with Crippen molar-refractivity contribution in [3.05, 3.63) is 53.3 Å². The number of rotatable bonds is 7. The Morgan fingerprint density at radius 1 is 0.929 bits per heavy atom. The molecule has 0 unspecified atom stereocenters. The Bertz CT molecular complexity index is 807. The van der Waals surface area contributed by atoms with Crippen LogP contribution in [-0.2, 0) is 0 Å². The summed E-state index contributed by atoms with van der Waals surface area (Å²) in [5.41, 5.74) is 6.91. The molecule has 3 rings (SSSR count). The monoisotopic (exact) mass is 393 g/mol. The van der Waals surface area contributed by atoms with Crippen molar-refractivity contribution < 1.29 is 13.2 Å². The highest BCUT2D eigenvalue weighted by Gasteiger charge is 2.16.